The third kappa shape index (κ3) is 7.74. The van der Waals surface area contributed by atoms with Gasteiger partial charge in [0, 0.05) is 70.7 Å². The molecule has 208 valence electrons. The van der Waals surface area contributed by atoms with Gasteiger partial charge in [0.15, 0.2) is 5.78 Å². The average molecular weight is 532 g/mol. The van der Waals surface area contributed by atoms with Crippen LogP contribution in [0.2, 0.25) is 0 Å². The number of piperazine rings is 1. The molecule has 0 bridgehead atoms. The van der Waals surface area contributed by atoms with Gasteiger partial charge in [0.05, 0.1) is 12.7 Å². The summed E-state index contributed by atoms with van der Waals surface area (Å²) in [5, 5.41) is 10.8. The maximum atomic E-state index is 13.1. The van der Waals surface area contributed by atoms with Crippen molar-refractivity contribution < 1.29 is 19.4 Å². The lowest BCUT2D eigenvalue weighted by atomic mass is 10.0. The summed E-state index contributed by atoms with van der Waals surface area (Å²) >= 11 is 0. The van der Waals surface area contributed by atoms with Crippen molar-refractivity contribution in [2.75, 3.05) is 70.3 Å². The molecule has 39 heavy (non-hydrogen) atoms. The topological polar surface area (TPSA) is 65.5 Å². The van der Waals surface area contributed by atoms with Crippen molar-refractivity contribution in [3.05, 3.63) is 83.4 Å². The first-order valence-corrected chi connectivity index (χ1v) is 13.7. The molecule has 1 heterocycles. The molecule has 3 aromatic rings. The Hall–Kier alpha value is -3.55. The van der Waals surface area contributed by atoms with Crippen LogP contribution >= 0.6 is 0 Å². The average Bonchev–Trinajstić information content (AvgIpc) is 2.95. The quantitative estimate of drug-likeness (QED) is 0.347. The van der Waals surface area contributed by atoms with Gasteiger partial charge in [-0.1, -0.05) is 30.3 Å². The third-order valence-corrected chi connectivity index (χ3v) is 7.31. The van der Waals surface area contributed by atoms with E-state index in [-0.39, 0.29) is 12.4 Å². The SMILES string of the molecule is COc1ccc(C(=O)CCc2ccc(N(C)C)cc2)c(OCC(O)CN2CCN(c3ccccc3C)CC2)c1. The Kier molecular flexibility index (Phi) is 9.85. The van der Waals surface area contributed by atoms with E-state index < -0.39 is 6.10 Å². The summed E-state index contributed by atoms with van der Waals surface area (Å²) in [4.78, 5) is 19.9. The number of aryl methyl sites for hydroxylation is 2. The van der Waals surface area contributed by atoms with Gasteiger partial charge in [-0.2, -0.15) is 0 Å². The minimum Gasteiger partial charge on any atom is -0.497 e. The van der Waals surface area contributed by atoms with E-state index in [0.717, 1.165) is 37.4 Å². The molecule has 7 nitrogen and oxygen atoms in total. The first kappa shape index (κ1) is 28.5. The smallest absolute Gasteiger partial charge is 0.166 e. The van der Waals surface area contributed by atoms with Gasteiger partial charge < -0.3 is 24.4 Å². The second-order valence-electron chi connectivity index (χ2n) is 10.4. The van der Waals surface area contributed by atoms with Gasteiger partial charge in [-0.15, -0.1) is 0 Å². The number of para-hydroxylation sites is 1. The Morgan fingerprint density at radius 3 is 2.38 bits per heavy atom. The number of nitrogens with zero attached hydrogens (tertiary/aromatic N) is 3. The zero-order valence-corrected chi connectivity index (χ0v) is 23.6. The number of methoxy groups -OCH3 is 1. The van der Waals surface area contributed by atoms with Crippen molar-refractivity contribution in [2.45, 2.75) is 25.9 Å². The zero-order valence-electron chi connectivity index (χ0n) is 23.6. The molecule has 1 atom stereocenters. The fraction of sp³-hybridized carbons (Fsp3) is 0.406. The van der Waals surface area contributed by atoms with Crippen molar-refractivity contribution in [1.29, 1.82) is 0 Å². The summed E-state index contributed by atoms with van der Waals surface area (Å²) in [6.07, 6.45) is 0.353. The lowest BCUT2D eigenvalue weighted by Crippen LogP contribution is -2.49. The number of aliphatic hydroxyl groups is 1. The maximum Gasteiger partial charge on any atom is 0.166 e. The molecule has 1 aliphatic heterocycles. The Balaban J connectivity index is 1.30. The van der Waals surface area contributed by atoms with Crippen LogP contribution in [0.15, 0.2) is 66.7 Å². The number of hydrogen-bond donors (Lipinski definition) is 1. The molecule has 0 spiro atoms. The number of aliphatic hydroxyl groups excluding tert-OH is 1. The lowest BCUT2D eigenvalue weighted by molar-refractivity contribution is 0.0654. The van der Waals surface area contributed by atoms with Crippen LogP contribution in [0.5, 0.6) is 11.5 Å². The monoisotopic (exact) mass is 531 g/mol. The molecule has 7 heteroatoms. The van der Waals surface area contributed by atoms with E-state index in [1.807, 2.05) is 14.1 Å². The highest BCUT2D eigenvalue weighted by molar-refractivity contribution is 5.99. The van der Waals surface area contributed by atoms with Crippen LogP contribution in [0.3, 0.4) is 0 Å². The number of anilines is 2. The molecule has 0 aliphatic carbocycles. The molecule has 4 rings (SSSR count). The van der Waals surface area contributed by atoms with E-state index in [4.69, 9.17) is 9.47 Å². The summed E-state index contributed by atoms with van der Waals surface area (Å²) < 4.78 is 11.4. The Morgan fingerprint density at radius 2 is 1.72 bits per heavy atom. The number of ether oxygens (including phenoxy) is 2. The number of hydrogen-bond acceptors (Lipinski definition) is 7. The van der Waals surface area contributed by atoms with Gasteiger partial charge in [-0.3, -0.25) is 9.69 Å². The number of carbonyl (C=O) groups excluding carboxylic acids is 1. The van der Waals surface area contributed by atoms with E-state index in [0.29, 0.717) is 36.4 Å². The normalized spacial score (nSPS) is 14.6. The fourth-order valence-electron chi connectivity index (χ4n) is 4.96. The largest absolute Gasteiger partial charge is 0.497 e. The number of Topliss-reactive ketones (excluding diaryl/α,β-unsaturated/α-hetero) is 1. The lowest BCUT2D eigenvalue weighted by Gasteiger charge is -2.37. The number of rotatable bonds is 12. The van der Waals surface area contributed by atoms with Gasteiger partial charge in [0.25, 0.3) is 0 Å². The number of ketones is 1. The van der Waals surface area contributed by atoms with Crippen LogP contribution in [0.25, 0.3) is 0 Å². The van der Waals surface area contributed by atoms with Crippen LogP contribution in [0, 0.1) is 6.92 Å². The first-order valence-electron chi connectivity index (χ1n) is 13.7. The van der Waals surface area contributed by atoms with E-state index in [1.165, 1.54) is 11.3 Å². The van der Waals surface area contributed by atoms with Crippen molar-refractivity contribution in [3.63, 3.8) is 0 Å². The highest BCUT2D eigenvalue weighted by atomic mass is 16.5. The van der Waals surface area contributed by atoms with E-state index in [9.17, 15) is 9.90 Å². The molecule has 1 saturated heterocycles. The van der Waals surface area contributed by atoms with E-state index >= 15 is 0 Å². The van der Waals surface area contributed by atoms with Gasteiger partial charge in [-0.25, -0.2) is 0 Å². The van der Waals surface area contributed by atoms with Crippen LogP contribution < -0.4 is 19.3 Å². The van der Waals surface area contributed by atoms with Crippen molar-refractivity contribution in [2.24, 2.45) is 0 Å². The Bertz CT molecular complexity index is 1220. The van der Waals surface area contributed by atoms with Crippen LogP contribution in [0.1, 0.15) is 27.9 Å². The van der Waals surface area contributed by atoms with Crippen LogP contribution in [-0.4, -0.2) is 82.4 Å². The molecule has 1 fully saturated rings. The van der Waals surface area contributed by atoms with E-state index in [2.05, 4.69) is 70.2 Å². The second kappa shape index (κ2) is 13.5. The molecule has 1 unspecified atom stereocenters. The summed E-state index contributed by atoms with van der Waals surface area (Å²) in [5.41, 5.74) is 5.32. The summed E-state index contributed by atoms with van der Waals surface area (Å²) in [7, 11) is 5.60. The zero-order chi connectivity index (χ0) is 27.8. The molecular weight excluding hydrogens is 490 g/mol. The highest BCUT2D eigenvalue weighted by Gasteiger charge is 2.21. The molecule has 1 N–H and O–H groups in total. The number of benzene rings is 3. The van der Waals surface area contributed by atoms with Gasteiger partial charge >= 0.3 is 0 Å². The minimum absolute atomic E-state index is 0.00570. The van der Waals surface area contributed by atoms with Crippen LogP contribution in [-0.2, 0) is 6.42 Å². The van der Waals surface area contributed by atoms with Crippen LogP contribution in [0.4, 0.5) is 11.4 Å². The third-order valence-electron chi connectivity index (χ3n) is 7.31. The summed E-state index contributed by atoms with van der Waals surface area (Å²) in [6, 6.07) is 22.0. The predicted molar refractivity (Wildman–Crippen MR) is 158 cm³/mol. The highest BCUT2D eigenvalue weighted by Crippen LogP contribution is 2.27. The molecule has 0 aromatic heterocycles. The second-order valence-corrected chi connectivity index (χ2v) is 10.4. The van der Waals surface area contributed by atoms with Crippen molar-refractivity contribution >= 4 is 17.2 Å². The van der Waals surface area contributed by atoms with Gasteiger partial charge in [0.2, 0.25) is 0 Å². The molecule has 1 aliphatic rings. The number of carbonyl (C=O) groups is 1. The molecule has 3 aromatic carbocycles. The molecule has 0 saturated carbocycles. The molecule has 0 amide bonds. The predicted octanol–water partition coefficient (Wildman–Crippen LogP) is 4.45. The maximum absolute atomic E-state index is 13.1. The van der Waals surface area contributed by atoms with Crippen molar-refractivity contribution in [3.8, 4) is 11.5 Å². The number of β-amino-alcohol motifs (C(OH)–C–C–N with tert-alkyl or cyclic N) is 1. The molecule has 0 radical (unpaired) electrons. The fourth-order valence-corrected chi connectivity index (χ4v) is 4.96. The van der Waals surface area contributed by atoms with Gasteiger partial charge in [0.1, 0.15) is 24.2 Å². The van der Waals surface area contributed by atoms with Crippen molar-refractivity contribution in [1.82, 2.24) is 4.90 Å². The standard InChI is InChI=1S/C32H41N3O4/c1-24-7-5-6-8-30(24)35-19-17-34(18-20-35)22-27(36)23-39-32-21-28(38-4)14-15-29(32)31(37)16-11-25-9-12-26(13-10-25)33(2)3/h5-10,12-15,21,27,36H,11,16-20,22-23H2,1-4H3. The molecular formula is C32H41N3O4. The summed E-state index contributed by atoms with van der Waals surface area (Å²) in [6.45, 7) is 6.38. The minimum atomic E-state index is -0.667. The summed E-state index contributed by atoms with van der Waals surface area (Å²) in [5.74, 6) is 1.07. The Labute approximate surface area is 232 Å². The first-order chi connectivity index (χ1) is 18.8. The van der Waals surface area contributed by atoms with E-state index in [1.54, 1.807) is 25.3 Å². The van der Waals surface area contributed by atoms with Gasteiger partial charge in [-0.05, 0) is 54.8 Å². The Morgan fingerprint density at radius 1 is 1.00 bits per heavy atom.